The van der Waals surface area contributed by atoms with Crippen LogP contribution >= 0.6 is 0 Å². The molecule has 0 saturated heterocycles. The molecule has 3 heteroatoms. The van der Waals surface area contributed by atoms with Crippen molar-refractivity contribution in [3.05, 3.63) is 18.0 Å². The second-order valence-corrected chi connectivity index (χ2v) is 3.95. The van der Waals surface area contributed by atoms with Crippen LogP contribution in [0.25, 0.3) is 0 Å². The smallest absolute Gasteiger partial charge is 0.0534 e. The van der Waals surface area contributed by atoms with Crippen LogP contribution in [0, 0.1) is 5.92 Å². The lowest BCUT2D eigenvalue weighted by atomic mass is 10.0. The first-order chi connectivity index (χ1) is 6.11. The SMILES string of the molecule is CC(NC(C)C(C)C)c1cn[nH]c1. The maximum atomic E-state index is 3.93. The monoisotopic (exact) mass is 181 g/mol. The molecule has 0 fully saturated rings. The summed E-state index contributed by atoms with van der Waals surface area (Å²) in [5, 5.41) is 10.3. The molecule has 1 aromatic rings. The van der Waals surface area contributed by atoms with Gasteiger partial charge in [-0.25, -0.2) is 0 Å². The Morgan fingerprint density at radius 2 is 2.00 bits per heavy atom. The number of hydrogen-bond donors (Lipinski definition) is 2. The summed E-state index contributed by atoms with van der Waals surface area (Å²) in [5.74, 6) is 0.661. The summed E-state index contributed by atoms with van der Waals surface area (Å²) < 4.78 is 0. The highest BCUT2D eigenvalue weighted by atomic mass is 15.1. The van der Waals surface area contributed by atoms with Gasteiger partial charge in [0.25, 0.3) is 0 Å². The van der Waals surface area contributed by atoms with Crippen molar-refractivity contribution in [3.8, 4) is 0 Å². The molecule has 0 radical (unpaired) electrons. The van der Waals surface area contributed by atoms with Gasteiger partial charge in [-0.1, -0.05) is 13.8 Å². The Balaban J connectivity index is 2.46. The zero-order valence-corrected chi connectivity index (χ0v) is 8.83. The predicted octanol–water partition coefficient (Wildman–Crippen LogP) is 2.10. The van der Waals surface area contributed by atoms with E-state index in [0.29, 0.717) is 18.0 Å². The summed E-state index contributed by atoms with van der Waals surface area (Å²) >= 11 is 0. The number of H-pyrrole nitrogens is 1. The number of hydrogen-bond acceptors (Lipinski definition) is 2. The standard InChI is InChI=1S/C10H19N3/c1-7(2)8(3)13-9(4)10-5-11-12-6-10/h5-9,13H,1-4H3,(H,11,12). The van der Waals surface area contributed by atoms with Crippen LogP contribution in [0.15, 0.2) is 12.4 Å². The number of nitrogens with zero attached hydrogens (tertiary/aromatic N) is 1. The fourth-order valence-corrected chi connectivity index (χ4v) is 1.18. The van der Waals surface area contributed by atoms with Gasteiger partial charge in [0.15, 0.2) is 0 Å². The first-order valence-corrected chi connectivity index (χ1v) is 4.86. The highest BCUT2D eigenvalue weighted by Crippen LogP contribution is 2.12. The summed E-state index contributed by atoms with van der Waals surface area (Å²) in [4.78, 5) is 0. The maximum absolute atomic E-state index is 3.93. The van der Waals surface area contributed by atoms with Crippen LogP contribution in [0.2, 0.25) is 0 Å². The lowest BCUT2D eigenvalue weighted by molar-refractivity contribution is 0.389. The zero-order chi connectivity index (χ0) is 9.84. The van der Waals surface area contributed by atoms with Crippen LogP contribution in [0.5, 0.6) is 0 Å². The van der Waals surface area contributed by atoms with Gasteiger partial charge in [0, 0.05) is 23.8 Å². The van der Waals surface area contributed by atoms with Crippen LogP contribution in [-0.2, 0) is 0 Å². The molecule has 1 heterocycles. The third-order valence-corrected chi connectivity index (χ3v) is 2.53. The van der Waals surface area contributed by atoms with Crippen molar-refractivity contribution in [3.63, 3.8) is 0 Å². The van der Waals surface area contributed by atoms with Gasteiger partial charge < -0.3 is 5.32 Å². The summed E-state index contributed by atoms with van der Waals surface area (Å²) in [6.07, 6.45) is 3.80. The Morgan fingerprint density at radius 1 is 1.31 bits per heavy atom. The molecule has 2 N–H and O–H groups in total. The Bertz CT molecular complexity index is 228. The van der Waals surface area contributed by atoms with E-state index in [1.807, 2.05) is 12.4 Å². The first kappa shape index (κ1) is 10.3. The van der Waals surface area contributed by atoms with E-state index in [2.05, 4.69) is 43.2 Å². The topological polar surface area (TPSA) is 40.7 Å². The van der Waals surface area contributed by atoms with Crippen molar-refractivity contribution in [1.82, 2.24) is 15.5 Å². The molecule has 0 spiro atoms. The highest BCUT2D eigenvalue weighted by molar-refractivity contribution is 5.08. The summed E-state index contributed by atoms with van der Waals surface area (Å²) in [5.41, 5.74) is 1.22. The number of rotatable bonds is 4. The predicted molar refractivity (Wildman–Crippen MR) is 54.4 cm³/mol. The van der Waals surface area contributed by atoms with Gasteiger partial charge in [-0.3, -0.25) is 5.10 Å². The molecule has 0 aliphatic heterocycles. The van der Waals surface area contributed by atoms with E-state index in [4.69, 9.17) is 0 Å². The third-order valence-electron chi connectivity index (χ3n) is 2.53. The minimum absolute atomic E-state index is 0.371. The molecule has 74 valence electrons. The van der Waals surface area contributed by atoms with Crippen LogP contribution in [-0.4, -0.2) is 16.2 Å². The molecule has 13 heavy (non-hydrogen) atoms. The number of nitrogens with one attached hydrogen (secondary N) is 2. The second-order valence-electron chi connectivity index (χ2n) is 3.95. The van der Waals surface area contributed by atoms with E-state index >= 15 is 0 Å². The Hall–Kier alpha value is -0.830. The minimum atomic E-state index is 0.371. The lowest BCUT2D eigenvalue weighted by Crippen LogP contribution is -2.32. The van der Waals surface area contributed by atoms with Gasteiger partial charge >= 0.3 is 0 Å². The van der Waals surface area contributed by atoms with E-state index in [9.17, 15) is 0 Å². The van der Waals surface area contributed by atoms with Crippen molar-refractivity contribution in [2.24, 2.45) is 5.92 Å². The minimum Gasteiger partial charge on any atom is -0.307 e. The molecule has 0 aliphatic carbocycles. The van der Waals surface area contributed by atoms with Gasteiger partial charge in [-0.05, 0) is 19.8 Å². The molecule has 0 saturated carbocycles. The van der Waals surface area contributed by atoms with Crippen molar-refractivity contribution < 1.29 is 0 Å². The summed E-state index contributed by atoms with van der Waals surface area (Å²) in [7, 11) is 0. The molecule has 1 aromatic heterocycles. The molecule has 2 atom stereocenters. The summed E-state index contributed by atoms with van der Waals surface area (Å²) in [6.45, 7) is 8.81. The molecule has 0 bridgehead atoms. The number of aromatic amines is 1. The van der Waals surface area contributed by atoms with Crippen LogP contribution in [0.1, 0.15) is 39.3 Å². The molecule has 3 nitrogen and oxygen atoms in total. The number of aromatic nitrogens is 2. The molecule has 0 amide bonds. The Labute approximate surface area is 79.9 Å². The summed E-state index contributed by atoms with van der Waals surface area (Å²) in [6, 6.07) is 0.904. The Kier molecular flexibility index (Phi) is 3.48. The molecule has 0 aromatic carbocycles. The first-order valence-electron chi connectivity index (χ1n) is 4.86. The van der Waals surface area contributed by atoms with E-state index in [1.54, 1.807) is 0 Å². The molecular formula is C10H19N3. The fourth-order valence-electron chi connectivity index (χ4n) is 1.18. The van der Waals surface area contributed by atoms with Crippen molar-refractivity contribution in [2.45, 2.75) is 39.8 Å². The quantitative estimate of drug-likeness (QED) is 0.747. The van der Waals surface area contributed by atoms with Crippen molar-refractivity contribution >= 4 is 0 Å². The van der Waals surface area contributed by atoms with Crippen LogP contribution in [0.3, 0.4) is 0 Å². The molecular weight excluding hydrogens is 162 g/mol. The highest BCUT2D eigenvalue weighted by Gasteiger charge is 2.12. The van der Waals surface area contributed by atoms with Crippen molar-refractivity contribution in [1.29, 1.82) is 0 Å². The molecule has 2 unspecified atom stereocenters. The van der Waals surface area contributed by atoms with Crippen LogP contribution in [0.4, 0.5) is 0 Å². The second kappa shape index (κ2) is 4.42. The van der Waals surface area contributed by atoms with Gasteiger partial charge in [-0.15, -0.1) is 0 Å². The van der Waals surface area contributed by atoms with Crippen molar-refractivity contribution in [2.75, 3.05) is 0 Å². The maximum Gasteiger partial charge on any atom is 0.0534 e. The lowest BCUT2D eigenvalue weighted by Gasteiger charge is -2.21. The van der Waals surface area contributed by atoms with E-state index < -0.39 is 0 Å². The third kappa shape index (κ3) is 2.84. The molecule has 0 aliphatic rings. The molecule has 1 rings (SSSR count). The zero-order valence-electron chi connectivity index (χ0n) is 8.83. The van der Waals surface area contributed by atoms with Gasteiger partial charge in [-0.2, -0.15) is 5.10 Å². The average Bonchev–Trinajstić information content (AvgIpc) is 2.55. The van der Waals surface area contributed by atoms with Gasteiger partial charge in [0.05, 0.1) is 6.20 Å². The largest absolute Gasteiger partial charge is 0.307 e. The van der Waals surface area contributed by atoms with Gasteiger partial charge in [0.2, 0.25) is 0 Å². The fraction of sp³-hybridized carbons (Fsp3) is 0.700. The van der Waals surface area contributed by atoms with E-state index in [0.717, 1.165) is 0 Å². The van der Waals surface area contributed by atoms with E-state index in [1.165, 1.54) is 5.56 Å². The van der Waals surface area contributed by atoms with Crippen LogP contribution < -0.4 is 5.32 Å². The normalized spacial score (nSPS) is 16.1. The Morgan fingerprint density at radius 3 is 2.46 bits per heavy atom. The van der Waals surface area contributed by atoms with E-state index in [-0.39, 0.29) is 0 Å². The van der Waals surface area contributed by atoms with Gasteiger partial charge in [0.1, 0.15) is 0 Å². The average molecular weight is 181 g/mol.